The summed E-state index contributed by atoms with van der Waals surface area (Å²) >= 11 is 12.5. The molecule has 8 rings (SSSR count). The first-order chi connectivity index (χ1) is 28.8. The first-order valence-electron chi connectivity index (χ1n) is 18.4. The van der Waals surface area contributed by atoms with E-state index in [2.05, 4.69) is 10.4 Å². The van der Waals surface area contributed by atoms with Crippen LogP contribution in [0, 0.1) is 43.9 Å². The number of nitro benzene ring substituents is 2. The molecule has 3 aromatic carbocycles. The van der Waals surface area contributed by atoms with Crippen molar-refractivity contribution < 1.29 is 47.3 Å². The molecule has 3 fully saturated rings. The second kappa shape index (κ2) is 14.5. The number of rotatable bonds is 8. The zero-order valence-corrected chi connectivity index (χ0v) is 33.1. The SMILES string of the molecule is CN(C)c1c([N+](=O)[O-])cc(N2C(=O)[C@H]3[C@H](CC=C4[C@H]3C[C@H]3C(=O)N(Nc5ncc(C(F)(F)F)cc5Cl)C(=O)[C@@]3(c3ccc(Cl)cc3)[C@H]4c3ccccc3O)C2=O)cc1[N+](=O)[O-]. The molecule has 4 aliphatic rings. The third-order valence-electron chi connectivity index (χ3n) is 12.0. The zero-order valence-electron chi connectivity index (χ0n) is 31.6. The number of halogens is 5. The first kappa shape index (κ1) is 41.1. The third kappa shape index (κ3) is 6.24. The van der Waals surface area contributed by atoms with Gasteiger partial charge in [-0.2, -0.15) is 18.2 Å². The van der Waals surface area contributed by atoms with Crippen molar-refractivity contribution in [2.75, 3.05) is 29.3 Å². The average molecular weight is 881 g/mol. The Morgan fingerprint density at radius 3 is 2.13 bits per heavy atom. The van der Waals surface area contributed by atoms with E-state index in [0.717, 1.165) is 17.0 Å². The van der Waals surface area contributed by atoms with Crippen LogP contribution in [0.5, 0.6) is 5.75 Å². The number of carbonyl (C=O) groups excluding carboxylic acids is 4. The van der Waals surface area contributed by atoms with Crippen molar-refractivity contribution >= 4 is 75.4 Å². The number of para-hydroxylation sites is 1. The van der Waals surface area contributed by atoms with Crippen molar-refractivity contribution in [1.29, 1.82) is 0 Å². The van der Waals surface area contributed by atoms with Crippen LogP contribution in [0.1, 0.15) is 35.4 Å². The molecule has 2 N–H and O–H groups in total. The van der Waals surface area contributed by atoms with Crippen molar-refractivity contribution in [2.24, 2.45) is 23.7 Å². The number of pyridine rings is 1. The number of alkyl halides is 3. The minimum atomic E-state index is -4.82. The number of nitrogens with one attached hydrogen (secondary N) is 1. The number of phenolic OH excluding ortho intramolecular Hbond substituents is 1. The van der Waals surface area contributed by atoms with Gasteiger partial charge in [0.25, 0.3) is 11.8 Å². The minimum Gasteiger partial charge on any atom is -0.508 e. The van der Waals surface area contributed by atoms with E-state index < -0.39 is 108 Å². The van der Waals surface area contributed by atoms with Gasteiger partial charge in [0, 0.05) is 48.9 Å². The van der Waals surface area contributed by atoms with Crippen LogP contribution in [0.3, 0.4) is 0 Å². The molecule has 16 nitrogen and oxygen atoms in total. The zero-order chi connectivity index (χ0) is 44.0. The number of carbonyl (C=O) groups is 4. The van der Waals surface area contributed by atoms with Crippen LogP contribution >= 0.6 is 23.2 Å². The summed E-state index contributed by atoms with van der Waals surface area (Å²) in [5.74, 6) is -10.3. The van der Waals surface area contributed by atoms with Gasteiger partial charge in [-0.25, -0.2) is 9.88 Å². The highest BCUT2D eigenvalue weighted by Crippen LogP contribution is 2.65. The maximum absolute atomic E-state index is 15.3. The fraction of sp³-hybridized carbons (Fsp3) is 0.275. The standard InChI is InChI=1S/C40H30Cl2F3N7O9/c1-48(2)33-28(51(58)59)14-21(15-29(33)52(60)61)49-35(54)24-12-11-22-25(31(24)37(49)56)16-26-36(55)50(47-34-27(42)13-19(17-46-34)40(43,44)45)38(57)39(26,18-7-9-20(41)10-8-18)32(22)23-5-3-4-6-30(23)53/h3-11,13-15,17,24-26,31-32,53H,12,16H2,1-2H3,(H,46,47)/t24-,25+,26-,31-,32+,39+/m0/s1. The number of nitro groups is 2. The van der Waals surface area contributed by atoms with Crippen LogP contribution in [-0.4, -0.2) is 62.7 Å². The summed E-state index contributed by atoms with van der Waals surface area (Å²) in [5, 5.41) is 36.2. The molecular formula is C40H30Cl2F3N7O9. The second-order valence-electron chi connectivity index (χ2n) is 15.2. The number of amides is 4. The highest BCUT2D eigenvalue weighted by molar-refractivity contribution is 6.33. The molecule has 0 radical (unpaired) electrons. The highest BCUT2D eigenvalue weighted by Gasteiger charge is 2.71. The van der Waals surface area contributed by atoms with Crippen molar-refractivity contribution in [3.63, 3.8) is 0 Å². The van der Waals surface area contributed by atoms with E-state index in [4.69, 9.17) is 23.2 Å². The molecule has 21 heteroatoms. The maximum Gasteiger partial charge on any atom is 0.417 e. The number of hydrogen-bond donors (Lipinski definition) is 2. The maximum atomic E-state index is 15.3. The van der Waals surface area contributed by atoms with E-state index in [1.54, 1.807) is 12.1 Å². The minimum absolute atomic E-state index is 0.113. The van der Waals surface area contributed by atoms with Gasteiger partial charge in [0.15, 0.2) is 11.5 Å². The molecule has 6 atom stereocenters. The van der Waals surface area contributed by atoms with E-state index in [9.17, 15) is 52.9 Å². The van der Waals surface area contributed by atoms with Crippen molar-refractivity contribution in [3.05, 3.63) is 132 Å². The Balaban J connectivity index is 1.30. The van der Waals surface area contributed by atoms with Gasteiger partial charge >= 0.3 is 17.6 Å². The molecule has 1 aromatic heterocycles. The number of phenols is 1. The average Bonchev–Trinajstić information content (AvgIpc) is 3.58. The summed E-state index contributed by atoms with van der Waals surface area (Å²) in [6, 6.07) is 14.4. The number of benzene rings is 3. The Hall–Kier alpha value is -6.60. The van der Waals surface area contributed by atoms with Crippen LogP contribution in [0.25, 0.3) is 0 Å². The molecular weight excluding hydrogens is 850 g/mol. The Morgan fingerprint density at radius 2 is 1.56 bits per heavy atom. The summed E-state index contributed by atoms with van der Waals surface area (Å²) in [7, 11) is 2.72. The second-order valence-corrected chi connectivity index (χ2v) is 16.1. The first-order valence-corrected chi connectivity index (χ1v) is 19.2. The summed E-state index contributed by atoms with van der Waals surface area (Å²) in [6.45, 7) is 0. The molecule has 0 spiro atoms. The van der Waals surface area contributed by atoms with E-state index >= 15 is 4.79 Å². The van der Waals surface area contributed by atoms with Gasteiger partial charge in [-0.05, 0) is 48.6 Å². The molecule has 1 saturated carbocycles. The summed E-state index contributed by atoms with van der Waals surface area (Å²) in [4.78, 5) is 87.5. The topological polar surface area (TPSA) is 209 Å². The molecule has 3 heterocycles. The molecule has 2 aliphatic carbocycles. The Morgan fingerprint density at radius 1 is 0.918 bits per heavy atom. The van der Waals surface area contributed by atoms with E-state index in [0.29, 0.717) is 27.7 Å². The fourth-order valence-electron chi connectivity index (χ4n) is 9.57. The van der Waals surface area contributed by atoms with Gasteiger partial charge in [0.05, 0.1) is 49.3 Å². The van der Waals surface area contributed by atoms with Crippen molar-refractivity contribution in [3.8, 4) is 5.75 Å². The van der Waals surface area contributed by atoms with Crippen LogP contribution in [0.15, 0.2) is 84.6 Å². The number of fused-ring (bicyclic) bond motifs is 4. The molecule has 4 amide bonds. The normalized spacial score (nSPS) is 24.6. The number of imide groups is 2. The predicted molar refractivity (Wildman–Crippen MR) is 212 cm³/mol. The highest BCUT2D eigenvalue weighted by atomic mass is 35.5. The monoisotopic (exact) mass is 879 g/mol. The molecule has 4 aromatic rings. The van der Waals surface area contributed by atoms with Gasteiger partial charge in [-0.3, -0.25) is 44.8 Å². The molecule has 2 saturated heterocycles. The number of anilines is 3. The lowest BCUT2D eigenvalue weighted by molar-refractivity contribution is -0.392. The lowest BCUT2D eigenvalue weighted by Crippen LogP contribution is -2.53. The number of nitrogens with zero attached hydrogens (tertiary/aromatic N) is 6. The van der Waals surface area contributed by atoms with Gasteiger partial charge in [-0.1, -0.05) is 65.2 Å². The summed E-state index contributed by atoms with van der Waals surface area (Å²) in [6.07, 6.45) is -3.07. The number of aromatic nitrogens is 1. The third-order valence-corrected chi connectivity index (χ3v) is 12.5. The van der Waals surface area contributed by atoms with Crippen molar-refractivity contribution in [2.45, 2.75) is 30.4 Å². The Labute approximate surface area is 352 Å². The molecule has 314 valence electrons. The Kier molecular flexibility index (Phi) is 9.81. The van der Waals surface area contributed by atoms with Gasteiger partial charge < -0.3 is 10.0 Å². The van der Waals surface area contributed by atoms with E-state index in [1.807, 2.05) is 0 Å². The molecule has 0 unspecified atom stereocenters. The van der Waals surface area contributed by atoms with Gasteiger partial charge in [0.2, 0.25) is 11.8 Å². The van der Waals surface area contributed by atoms with Crippen molar-refractivity contribution in [1.82, 2.24) is 9.99 Å². The smallest absolute Gasteiger partial charge is 0.417 e. The molecule has 61 heavy (non-hydrogen) atoms. The predicted octanol–water partition coefficient (Wildman–Crippen LogP) is 7.18. The quantitative estimate of drug-likeness (QED) is 0.0780. The lowest BCUT2D eigenvalue weighted by atomic mass is 9.49. The van der Waals surface area contributed by atoms with Crippen LogP contribution in [0.4, 0.5) is 41.7 Å². The number of hydrazine groups is 1. The van der Waals surface area contributed by atoms with Gasteiger partial charge in [-0.15, -0.1) is 0 Å². The fourth-order valence-corrected chi connectivity index (χ4v) is 9.90. The molecule has 0 bridgehead atoms. The van der Waals surface area contributed by atoms with E-state index in [1.165, 1.54) is 56.6 Å². The van der Waals surface area contributed by atoms with Crippen LogP contribution in [0.2, 0.25) is 10.0 Å². The summed E-state index contributed by atoms with van der Waals surface area (Å²) < 4.78 is 40.5. The number of hydrogen-bond acceptors (Lipinski definition) is 12. The number of aromatic hydroxyl groups is 1. The van der Waals surface area contributed by atoms with Crippen LogP contribution in [-0.2, 0) is 30.8 Å². The summed E-state index contributed by atoms with van der Waals surface area (Å²) in [5.41, 5.74) is -2.06. The largest absolute Gasteiger partial charge is 0.508 e. The van der Waals surface area contributed by atoms with Gasteiger partial charge in [0.1, 0.15) is 5.75 Å². The lowest BCUT2D eigenvalue weighted by Gasteiger charge is -2.50. The molecule has 2 aliphatic heterocycles. The number of allylic oxidation sites excluding steroid dienone is 2. The van der Waals surface area contributed by atoms with E-state index in [-0.39, 0.29) is 40.4 Å². The Bertz CT molecular complexity index is 2610. The van der Waals surface area contributed by atoms with Crippen LogP contribution < -0.4 is 15.2 Å².